The van der Waals surface area contributed by atoms with Crippen molar-refractivity contribution < 1.29 is 18.0 Å². The predicted molar refractivity (Wildman–Crippen MR) is 83.0 cm³/mol. The minimum absolute atomic E-state index is 0.153. The van der Waals surface area contributed by atoms with Crippen LogP contribution in [-0.4, -0.2) is 53.7 Å². The number of amides is 2. The summed E-state index contributed by atoms with van der Waals surface area (Å²) in [4.78, 5) is 25.0. The summed E-state index contributed by atoms with van der Waals surface area (Å²) in [5, 5.41) is -0.273. The number of carbonyl (C=O) groups is 2. The first-order valence-corrected chi connectivity index (χ1v) is 9.38. The Kier molecular flexibility index (Phi) is 4.00. The van der Waals surface area contributed by atoms with E-state index in [2.05, 4.69) is 0 Å². The zero-order chi connectivity index (χ0) is 15.9. The van der Waals surface area contributed by atoms with Crippen LogP contribution in [0.3, 0.4) is 0 Å². The molecule has 1 unspecified atom stereocenters. The van der Waals surface area contributed by atoms with Gasteiger partial charge in [-0.1, -0.05) is 23.9 Å². The maximum atomic E-state index is 12.6. The van der Waals surface area contributed by atoms with E-state index >= 15 is 0 Å². The second-order valence-corrected chi connectivity index (χ2v) is 8.30. The maximum Gasteiger partial charge on any atom is 0.289 e. The van der Waals surface area contributed by atoms with Crippen molar-refractivity contribution in [2.45, 2.75) is 24.3 Å². The van der Waals surface area contributed by atoms with Crippen molar-refractivity contribution in [3.63, 3.8) is 0 Å². The van der Waals surface area contributed by atoms with Crippen LogP contribution < -0.4 is 0 Å². The van der Waals surface area contributed by atoms with Crippen LogP contribution in [0.25, 0.3) is 0 Å². The van der Waals surface area contributed by atoms with E-state index in [-0.39, 0.29) is 34.4 Å². The van der Waals surface area contributed by atoms with E-state index in [1.165, 1.54) is 9.21 Å². The molecule has 2 aliphatic rings. The average Bonchev–Trinajstić information content (AvgIpc) is 3.06. The van der Waals surface area contributed by atoms with Gasteiger partial charge in [-0.05, 0) is 31.0 Å². The molecule has 2 aliphatic heterocycles. The molecule has 0 radical (unpaired) electrons. The summed E-state index contributed by atoms with van der Waals surface area (Å²) >= 11 is 0.977. The molecule has 2 amide bonds. The average molecular weight is 340 g/mol. The number of hydrogen-bond donors (Lipinski definition) is 0. The molecule has 0 aliphatic carbocycles. The van der Waals surface area contributed by atoms with Crippen molar-refractivity contribution in [3.05, 3.63) is 29.8 Å². The standard InChI is InChI=1S/C14H16N2O4S2/c1-10-3-2-4-12(7-10)22(19,20)15-6-5-11(8-15)16-13(17)9-21-14(16)18/h2-4,7,11H,5-6,8-9H2,1H3. The summed E-state index contributed by atoms with van der Waals surface area (Å²) in [6.07, 6.45) is 0.489. The van der Waals surface area contributed by atoms with Crippen LogP contribution in [0.5, 0.6) is 0 Å². The smallest absolute Gasteiger partial charge is 0.273 e. The Balaban J connectivity index is 1.80. The first-order chi connectivity index (χ1) is 10.4. The maximum absolute atomic E-state index is 12.6. The fourth-order valence-corrected chi connectivity index (χ4v) is 5.16. The normalized spacial score (nSPS) is 23.5. The summed E-state index contributed by atoms with van der Waals surface area (Å²) in [7, 11) is -3.58. The van der Waals surface area contributed by atoms with E-state index < -0.39 is 10.0 Å². The molecular weight excluding hydrogens is 324 g/mol. The van der Waals surface area contributed by atoms with Gasteiger partial charge in [-0.15, -0.1) is 0 Å². The fraction of sp³-hybridized carbons (Fsp3) is 0.429. The lowest BCUT2D eigenvalue weighted by Crippen LogP contribution is -2.41. The molecule has 22 heavy (non-hydrogen) atoms. The van der Waals surface area contributed by atoms with Gasteiger partial charge in [0.1, 0.15) is 0 Å². The van der Waals surface area contributed by atoms with Crippen molar-refractivity contribution >= 4 is 32.9 Å². The van der Waals surface area contributed by atoms with Crippen molar-refractivity contribution in [2.75, 3.05) is 18.8 Å². The van der Waals surface area contributed by atoms with E-state index in [0.717, 1.165) is 17.3 Å². The third kappa shape index (κ3) is 2.66. The molecular formula is C14H16N2O4S2. The van der Waals surface area contributed by atoms with Gasteiger partial charge >= 0.3 is 0 Å². The molecule has 6 nitrogen and oxygen atoms in total. The Hall–Kier alpha value is -1.38. The predicted octanol–water partition coefficient (Wildman–Crippen LogP) is 1.45. The summed E-state index contributed by atoms with van der Waals surface area (Å²) in [5.74, 6) is -0.0743. The summed E-state index contributed by atoms with van der Waals surface area (Å²) in [5.41, 5.74) is 0.873. The molecule has 1 aromatic carbocycles. The van der Waals surface area contributed by atoms with Crippen molar-refractivity contribution in [1.82, 2.24) is 9.21 Å². The molecule has 0 bridgehead atoms. The van der Waals surface area contributed by atoms with Crippen LogP contribution in [0, 0.1) is 6.92 Å². The second-order valence-electron chi connectivity index (χ2n) is 5.44. The van der Waals surface area contributed by atoms with Crippen LogP contribution in [0.15, 0.2) is 29.2 Å². The van der Waals surface area contributed by atoms with Crippen LogP contribution in [0.1, 0.15) is 12.0 Å². The number of thioether (sulfide) groups is 1. The lowest BCUT2D eigenvalue weighted by Gasteiger charge is -2.21. The Morgan fingerprint density at radius 3 is 2.68 bits per heavy atom. The largest absolute Gasteiger partial charge is 0.289 e. The molecule has 1 aromatic rings. The topological polar surface area (TPSA) is 74.8 Å². The van der Waals surface area contributed by atoms with Gasteiger partial charge in [0.05, 0.1) is 16.7 Å². The van der Waals surface area contributed by atoms with E-state index in [1.807, 2.05) is 13.0 Å². The van der Waals surface area contributed by atoms with Gasteiger partial charge in [0.2, 0.25) is 15.9 Å². The monoisotopic (exact) mass is 340 g/mol. The van der Waals surface area contributed by atoms with Gasteiger partial charge in [0.15, 0.2) is 0 Å². The van der Waals surface area contributed by atoms with Gasteiger partial charge < -0.3 is 0 Å². The van der Waals surface area contributed by atoms with Crippen LogP contribution in [0.4, 0.5) is 4.79 Å². The number of rotatable bonds is 3. The minimum atomic E-state index is -3.58. The Bertz CT molecular complexity index is 716. The van der Waals surface area contributed by atoms with Crippen LogP contribution in [0.2, 0.25) is 0 Å². The lowest BCUT2D eigenvalue weighted by atomic mass is 10.2. The summed E-state index contributed by atoms with van der Waals surface area (Å²) < 4.78 is 26.6. The summed E-state index contributed by atoms with van der Waals surface area (Å²) in [6, 6.07) is 6.39. The third-order valence-electron chi connectivity index (χ3n) is 3.90. The molecule has 118 valence electrons. The van der Waals surface area contributed by atoms with Crippen molar-refractivity contribution in [1.29, 1.82) is 0 Å². The van der Waals surface area contributed by atoms with Gasteiger partial charge in [0, 0.05) is 13.1 Å². The Morgan fingerprint density at radius 1 is 1.27 bits per heavy atom. The summed E-state index contributed by atoms with van der Waals surface area (Å²) in [6.45, 7) is 2.33. The van der Waals surface area contributed by atoms with Gasteiger partial charge in [-0.2, -0.15) is 4.31 Å². The van der Waals surface area contributed by atoms with E-state index in [0.29, 0.717) is 13.0 Å². The highest BCUT2D eigenvalue weighted by molar-refractivity contribution is 8.14. The van der Waals surface area contributed by atoms with Gasteiger partial charge in [-0.3, -0.25) is 14.5 Å². The molecule has 2 fully saturated rings. The number of hydrogen-bond acceptors (Lipinski definition) is 5. The highest BCUT2D eigenvalue weighted by Gasteiger charge is 2.42. The lowest BCUT2D eigenvalue weighted by molar-refractivity contribution is -0.126. The molecule has 0 spiro atoms. The van der Waals surface area contributed by atoms with Crippen molar-refractivity contribution in [2.24, 2.45) is 0 Å². The molecule has 0 saturated carbocycles. The molecule has 2 saturated heterocycles. The molecule has 0 aromatic heterocycles. The van der Waals surface area contributed by atoms with E-state index in [9.17, 15) is 18.0 Å². The third-order valence-corrected chi connectivity index (χ3v) is 6.60. The van der Waals surface area contributed by atoms with Crippen LogP contribution >= 0.6 is 11.8 Å². The Morgan fingerprint density at radius 2 is 2.05 bits per heavy atom. The highest BCUT2D eigenvalue weighted by atomic mass is 32.2. The number of aryl methyl sites for hydroxylation is 1. The molecule has 0 N–H and O–H groups in total. The zero-order valence-corrected chi connectivity index (χ0v) is 13.7. The highest BCUT2D eigenvalue weighted by Crippen LogP contribution is 2.29. The SMILES string of the molecule is Cc1cccc(S(=O)(=O)N2CCC(N3C(=O)CSC3=O)C2)c1. The van der Waals surface area contributed by atoms with Gasteiger partial charge in [-0.25, -0.2) is 8.42 Å². The van der Waals surface area contributed by atoms with E-state index in [4.69, 9.17) is 0 Å². The van der Waals surface area contributed by atoms with Crippen LogP contribution in [-0.2, 0) is 14.8 Å². The van der Waals surface area contributed by atoms with E-state index in [1.54, 1.807) is 18.2 Å². The number of imide groups is 1. The van der Waals surface area contributed by atoms with Gasteiger partial charge in [0.25, 0.3) is 5.24 Å². The Labute approximate surface area is 133 Å². The molecule has 3 rings (SSSR count). The fourth-order valence-electron chi connectivity index (χ4n) is 2.78. The zero-order valence-electron chi connectivity index (χ0n) is 12.1. The first kappa shape index (κ1) is 15.5. The number of sulfonamides is 1. The molecule has 2 heterocycles. The second kappa shape index (κ2) is 5.68. The number of benzene rings is 1. The first-order valence-electron chi connectivity index (χ1n) is 6.95. The molecule has 1 atom stereocenters. The number of nitrogens with zero attached hydrogens (tertiary/aromatic N) is 2. The minimum Gasteiger partial charge on any atom is -0.273 e. The number of carbonyl (C=O) groups excluding carboxylic acids is 2. The van der Waals surface area contributed by atoms with Crippen molar-refractivity contribution in [3.8, 4) is 0 Å². The molecule has 8 heteroatoms. The quantitative estimate of drug-likeness (QED) is 0.833.